The molecule has 1 saturated heterocycles. The van der Waals surface area contributed by atoms with Crippen LogP contribution in [0.3, 0.4) is 0 Å². The Morgan fingerprint density at radius 3 is 2.57 bits per heavy atom. The second-order valence-corrected chi connectivity index (χ2v) is 10.2. The first-order valence-corrected chi connectivity index (χ1v) is 12.5. The van der Waals surface area contributed by atoms with E-state index >= 15 is 0 Å². The highest BCUT2D eigenvalue weighted by molar-refractivity contribution is 6.33. The minimum atomic E-state index is -0.954. The number of anilines is 1. The predicted octanol–water partition coefficient (Wildman–Crippen LogP) is 4.23. The predicted molar refractivity (Wildman–Crippen MR) is 137 cm³/mol. The zero-order valence-corrected chi connectivity index (χ0v) is 21.7. The van der Waals surface area contributed by atoms with Crippen molar-refractivity contribution in [2.75, 3.05) is 38.0 Å². The second-order valence-electron chi connectivity index (χ2n) is 9.81. The number of fused-ring (bicyclic) bond motifs is 1. The molecule has 0 aromatic heterocycles. The lowest BCUT2D eigenvalue weighted by molar-refractivity contribution is -0.148. The Bertz CT molecular complexity index is 1150. The molecule has 1 unspecified atom stereocenters. The number of halogens is 1. The number of para-hydroxylation sites is 1. The Balaban J connectivity index is 1.40. The smallest absolute Gasteiger partial charge is 0.266 e. The normalized spacial score (nSPS) is 20.5. The van der Waals surface area contributed by atoms with Crippen molar-refractivity contribution in [1.82, 2.24) is 9.80 Å². The van der Waals surface area contributed by atoms with Gasteiger partial charge < -0.3 is 20.1 Å². The number of hydrogen-bond donors (Lipinski definition) is 2. The minimum absolute atomic E-state index is 0.0201. The van der Waals surface area contributed by atoms with Gasteiger partial charge >= 0.3 is 0 Å². The Hall–Kier alpha value is -2.77. The standard InChI is InChI=1S/C27H34ClN3O4/c1-17-18(2)25-20(19(3)24(17)33)10-11-27(4,35-25)26(34)31-13-7-12-30(14-15-31)16-23(32)29-22-9-6-5-8-21(22)28/h5-6,8-9,33H,7,10-16H2,1-4H3,(H,29,32). The zero-order chi connectivity index (χ0) is 25.3. The van der Waals surface area contributed by atoms with Crippen LogP contribution in [0.4, 0.5) is 5.69 Å². The van der Waals surface area contributed by atoms with E-state index in [1.165, 1.54) is 0 Å². The van der Waals surface area contributed by atoms with Gasteiger partial charge in [0.15, 0.2) is 5.60 Å². The summed E-state index contributed by atoms with van der Waals surface area (Å²) in [6.45, 7) is 10.3. The molecule has 0 bridgehead atoms. The first kappa shape index (κ1) is 25.3. The fourth-order valence-electron chi connectivity index (χ4n) is 5.02. The van der Waals surface area contributed by atoms with Crippen molar-refractivity contribution in [3.63, 3.8) is 0 Å². The largest absolute Gasteiger partial charge is 0.507 e. The van der Waals surface area contributed by atoms with E-state index in [1.807, 2.05) is 44.7 Å². The van der Waals surface area contributed by atoms with Gasteiger partial charge in [-0.2, -0.15) is 0 Å². The van der Waals surface area contributed by atoms with Gasteiger partial charge in [0.05, 0.1) is 17.3 Å². The molecule has 4 rings (SSSR count). The SMILES string of the molecule is Cc1c(C)c2c(c(C)c1O)CCC(C)(C(=O)N1CCCN(CC(=O)Nc3ccccc3Cl)CC1)O2. The summed E-state index contributed by atoms with van der Waals surface area (Å²) in [5.41, 5.74) is 3.14. The monoisotopic (exact) mass is 499 g/mol. The summed E-state index contributed by atoms with van der Waals surface area (Å²) >= 11 is 6.15. The van der Waals surface area contributed by atoms with Gasteiger partial charge in [0.25, 0.3) is 5.91 Å². The Morgan fingerprint density at radius 2 is 1.83 bits per heavy atom. The van der Waals surface area contributed by atoms with E-state index in [9.17, 15) is 14.7 Å². The third kappa shape index (κ3) is 5.11. The highest BCUT2D eigenvalue weighted by Crippen LogP contribution is 2.43. The van der Waals surface area contributed by atoms with Crippen LogP contribution >= 0.6 is 11.6 Å². The van der Waals surface area contributed by atoms with Crippen LogP contribution in [-0.2, 0) is 16.0 Å². The molecule has 2 aliphatic rings. The molecule has 2 aliphatic heterocycles. The van der Waals surface area contributed by atoms with Crippen LogP contribution in [0.1, 0.15) is 42.0 Å². The molecule has 1 atom stereocenters. The molecule has 0 spiro atoms. The molecule has 0 aliphatic carbocycles. The second kappa shape index (κ2) is 10.1. The summed E-state index contributed by atoms with van der Waals surface area (Å²) in [4.78, 5) is 30.1. The number of phenolic OH excluding ortho intramolecular Hbond substituents is 1. The maximum absolute atomic E-state index is 13.6. The van der Waals surface area contributed by atoms with Gasteiger partial charge in [0.1, 0.15) is 11.5 Å². The molecule has 35 heavy (non-hydrogen) atoms. The molecule has 2 aromatic rings. The van der Waals surface area contributed by atoms with Crippen molar-refractivity contribution in [2.24, 2.45) is 0 Å². The first-order valence-electron chi connectivity index (χ1n) is 12.2. The van der Waals surface area contributed by atoms with Crippen LogP contribution in [0.15, 0.2) is 24.3 Å². The van der Waals surface area contributed by atoms with Crippen LogP contribution < -0.4 is 10.1 Å². The van der Waals surface area contributed by atoms with Crippen LogP contribution in [0.5, 0.6) is 11.5 Å². The first-order chi connectivity index (χ1) is 16.6. The highest BCUT2D eigenvalue weighted by atomic mass is 35.5. The van der Waals surface area contributed by atoms with E-state index in [2.05, 4.69) is 10.2 Å². The van der Waals surface area contributed by atoms with Crippen molar-refractivity contribution in [1.29, 1.82) is 0 Å². The van der Waals surface area contributed by atoms with Gasteiger partial charge in [-0.15, -0.1) is 0 Å². The third-order valence-electron chi connectivity index (χ3n) is 7.36. The summed E-state index contributed by atoms with van der Waals surface area (Å²) in [6.07, 6.45) is 2.02. The number of ether oxygens (including phenoxy) is 1. The van der Waals surface area contributed by atoms with Gasteiger partial charge in [-0.25, -0.2) is 0 Å². The number of amides is 2. The van der Waals surface area contributed by atoms with Crippen molar-refractivity contribution < 1.29 is 19.4 Å². The summed E-state index contributed by atoms with van der Waals surface area (Å²) in [6, 6.07) is 7.17. The van der Waals surface area contributed by atoms with E-state index in [0.29, 0.717) is 48.9 Å². The molecular formula is C27H34ClN3O4. The van der Waals surface area contributed by atoms with Gasteiger partial charge in [-0.3, -0.25) is 14.5 Å². The van der Waals surface area contributed by atoms with Crippen LogP contribution in [-0.4, -0.2) is 65.0 Å². The molecule has 2 aromatic carbocycles. The van der Waals surface area contributed by atoms with E-state index < -0.39 is 5.60 Å². The molecule has 2 heterocycles. The number of nitrogens with one attached hydrogen (secondary N) is 1. The summed E-state index contributed by atoms with van der Waals surface area (Å²) in [5, 5.41) is 13.8. The molecular weight excluding hydrogens is 466 g/mol. The van der Waals surface area contributed by atoms with Crippen LogP contribution in [0.25, 0.3) is 0 Å². The third-order valence-corrected chi connectivity index (χ3v) is 7.69. The van der Waals surface area contributed by atoms with Crippen molar-refractivity contribution >= 4 is 29.1 Å². The highest BCUT2D eigenvalue weighted by Gasteiger charge is 2.43. The molecule has 0 saturated carbocycles. The lowest BCUT2D eigenvalue weighted by atomic mass is 9.86. The fraction of sp³-hybridized carbons (Fsp3) is 0.481. The lowest BCUT2D eigenvalue weighted by Crippen LogP contribution is -2.53. The summed E-state index contributed by atoms with van der Waals surface area (Å²) in [7, 11) is 0. The Labute approximate surface area is 212 Å². The number of hydrogen-bond acceptors (Lipinski definition) is 5. The topological polar surface area (TPSA) is 82.1 Å². The van der Waals surface area contributed by atoms with Gasteiger partial charge in [0, 0.05) is 38.2 Å². The molecule has 7 nitrogen and oxygen atoms in total. The molecule has 1 fully saturated rings. The number of carbonyl (C=O) groups excluding carboxylic acids is 2. The van der Waals surface area contributed by atoms with Crippen molar-refractivity contribution in [3.8, 4) is 11.5 Å². The van der Waals surface area contributed by atoms with E-state index in [0.717, 1.165) is 41.0 Å². The van der Waals surface area contributed by atoms with Gasteiger partial charge in [-0.05, 0) is 69.4 Å². The van der Waals surface area contributed by atoms with Crippen molar-refractivity contribution in [3.05, 3.63) is 51.5 Å². The maximum atomic E-state index is 13.6. The van der Waals surface area contributed by atoms with E-state index in [4.69, 9.17) is 16.3 Å². The Kier molecular flexibility index (Phi) is 7.29. The average Bonchev–Trinajstić information content (AvgIpc) is 3.07. The molecule has 8 heteroatoms. The van der Waals surface area contributed by atoms with Crippen LogP contribution in [0, 0.1) is 20.8 Å². The lowest BCUT2D eigenvalue weighted by Gasteiger charge is -2.39. The summed E-state index contributed by atoms with van der Waals surface area (Å²) in [5.74, 6) is 0.897. The van der Waals surface area contributed by atoms with Crippen LogP contribution in [0.2, 0.25) is 5.02 Å². The maximum Gasteiger partial charge on any atom is 0.266 e. The Morgan fingerprint density at radius 1 is 1.09 bits per heavy atom. The molecule has 2 amide bonds. The zero-order valence-electron chi connectivity index (χ0n) is 20.9. The molecule has 188 valence electrons. The number of benzene rings is 2. The van der Waals surface area contributed by atoms with Crippen molar-refractivity contribution in [2.45, 2.75) is 52.6 Å². The fourth-order valence-corrected chi connectivity index (χ4v) is 5.20. The number of carbonyl (C=O) groups is 2. The van der Waals surface area contributed by atoms with Gasteiger partial charge in [0.2, 0.25) is 5.91 Å². The average molecular weight is 500 g/mol. The number of phenols is 1. The number of aromatic hydroxyl groups is 1. The molecule has 2 N–H and O–H groups in total. The van der Waals surface area contributed by atoms with Gasteiger partial charge in [-0.1, -0.05) is 23.7 Å². The summed E-state index contributed by atoms with van der Waals surface area (Å²) < 4.78 is 6.40. The molecule has 0 radical (unpaired) electrons. The number of rotatable bonds is 4. The van der Waals surface area contributed by atoms with E-state index in [-0.39, 0.29) is 18.4 Å². The quantitative estimate of drug-likeness (QED) is 0.658. The van der Waals surface area contributed by atoms with E-state index in [1.54, 1.807) is 12.1 Å². The number of nitrogens with zero attached hydrogens (tertiary/aromatic N) is 2. The minimum Gasteiger partial charge on any atom is -0.507 e.